The molecule has 0 spiro atoms. The first-order chi connectivity index (χ1) is 12.5. The molecule has 8 nitrogen and oxygen atoms in total. The first-order valence-corrected chi connectivity index (χ1v) is 8.35. The van der Waals surface area contributed by atoms with Crippen LogP contribution in [0, 0.1) is 0 Å². The van der Waals surface area contributed by atoms with Crippen LogP contribution in [0.2, 0.25) is 10.0 Å². The van der Waals surface area contributed by atoms with Gasteiger partial charge < -0.3 is 10.1 Å². The number of rotatable bonds is 5. The molecule has 3 rings (SSSR count). The Labute approximate surface area is 158 Å². The Hall–Kier alpha value is -2.71. The molecule has 0 atom stereocenters. The van der Waals surface area contributed by atoms with Crippen molar-refractivity contribution in [3.05, 3.63) is 52.0 Å². The summed E-state index contributed by atoms with van der Waals surface area (Å²) in [6.45, 7) is 1.38. The van der Waals surface area contributed by atoms with Crippen LogP contribution in [0.25, 0.3) is 5.78 Å². The van der Waals surface area contributed by atoms with Gasteiger partial charge in [0.1, 0.15) is 6.33 Å². The van der Waals surface area contributed by atoms with Gasteiger partial charge in [-0.1, -0.05) is 36.2 Å². The van der Waals surface area contributed by atoms with E-state index in [9.17, 15) is 9.59 Å². The number of esters is 1. The number of carbonyl (C=O) groups excluding carboxylic acids is 2. The van der Waals surface area contributed by atoms with E-state index >= 15 is 0 Å². The number of amides is 1. The molecular formula is C16H13Cl2N5O3. The molecular weight excluding hydrogens is 381 g/mol. The molecule has 2 heterocycles. The van der Waals surface area contributed by atoms with Crippen molar-refractivity contribution in [2.75, 3.05) is 11.9 Å². The van der Waals surface area contributed by atoms with Crippen molar-refractivity contribution in [1.29, 1.82) is 0 Å². The first kappa shape index (κ1) is 18.1. The number of aromatic nitrogens is 4. The van der Waals surface area contributed by atoms with E-state index in [1.54, 1.807) is 18.2 Å². The number of hydrogen-bond acceptors (Lipinski definition) is 6. The van der Waals surface area contributed by atoms with E-state index in [0.717, 1.165) is 0 Å². The van der Waals surface area contributed by atoms with Crippen LogP contribution < -0.4 is 5.32 Å². The van der Waals surface area contributed by atoms with Crippen LogP contribution >= 0.6 is 23.2 Å². The second-order valence-corrected chi connectivity index (χ2v) is 5.95. The molecule has 1 amide bonds. The molecule has 1 N–H and O–H groups in total. The van der Waals surface area contributed by atoms with Gasteiger partial charge in [-0.15, -0.1) is 0 Å². The molecule has 0 aliphatic carbocycles. The number of aryl methyl sites for hydroxylation is 1. The van der Waals surface area contributed by atoms with Crippen molar-refractivity contribution in [3.8, 4) is 0 Å². The fourth-order valence-electron chi connectivity index (χ4n) is 2.33. The van der Waals surface area contributed by atoms with Crippen LogP contribution in [0.1, 0.15) is 23.0 Å². The number of fused-ring (bicyclic) bond motifs is 1. The SMILES string of the molecule is CCc1c(C(=O)OCC(=O)Nc2cccc(Cl)c2Cl)cnc2ncnn12. The molecule has 3 aromatic rings. The Balaban J connectivity index is 1.69. The summed E-state index contributed by atoms with van der Waals surface area (Å²) >= 11 is 11.9. The lowest BCUT2D eigenvalue weighted by Crippen LogP contribution is -2.22. The topological polar surface area (TPSA) is 98.5 Å². The lowest BCUT2D eigenvalue weighted by molar-refractivity contribution is -0.119. The minimum absolute atomic E-state index is 0.211. The maximum absolute atomic E-state index is 12.3. The molecule has 1 aromatic carbocycles. The zero-order chi connectivity index (χ0) is 18.7. The van der Waals surface area contributed by atoms with Crippen molar-refractivity contribution >= 4 is 46.5 Å². The molecule has 0 aliphatic rings. The molecule has 0 saturated heterocycles. The molecule has 0 fully saturated rings. The van der Waals surface area contributed by atoms with Crippen molar-refractivity contribution < 1.29 is 14.3 Å². The van der Waals surface area contributed by atoms with Gasteiger partial charge in [-0.2, -0.15) is 10.1 Å². The molecule has 0 aliphatic heterocycles. The zero-order valence-corrected chi connectivity index (χ0v) is 15.1. The van der Waals surface area contributed by atoms with Gasteiger partial charge in [0, 0.05) is 6.20 Å². The average Bonchev–Trinajstić information content (AvgIpc) is 3.11. The summed E-state index contributed by atoms with van der Waals surface area (Å²) in [6, 6.07) is 4.83. The molecule has 0 saturated carbocycles. The van der Waals surface area contributed by atoms with Crippen molar-refractivity contribution in [2.24, 2.45) is 0 Å². The van der Waals surface area contributed by atoms with Crippen LogP contribution in [-0.2, 0) is 16.0 Å². The van der Waals surface area contributed by atoms with E-state index in [1.165, 1.54) is 17.0 Å². The predicted octanol–water partition coefficient (Wildman–Crippen LogP) is 2.79. The van der Waals surface area contributed by atoms with Gasteiger partial charge in [-0.3, -0.25) is 4.79 Å². The predicted molar refractivity (Wildman–Crippen MR) is 95.5 cm³/mol. The summed E-state index contributed by atoms with van der Waals surface area (Å²) in [5, 5.41) is 7.08. The van der Waals surface area contributed by atoms with E-state index in [1.807, 2.05) is 6.92 Å². The van der Waals surface area contributed by atoms with Gasteiger partial charge in [0.25, 0.3) is 11.7 Å². The maximum atomic E-state index is 12.3. The van der Waals surface area contributed by atoms with E-state index in [4.69, 9.17) is 27.9 Å². The third-order valence-electron chi connectivity index (χ3n) is 3.52. The molecule has 0 bridgehead atoms. The van der Waals surface area contributed by atoms with E-state index in [-0.39, 0.29) is 10.6 Å². The van der Waals surface area contributed by atoms with Crippen molar-refractivity contribution in [2.45, 2.75) is 13.3 Å². The van der Waals surface area contributed by atoms with Gasteiger partial charge in [0.15, 0.2) is 6.61 Å². The summed E-state index contributed by atoms with van der Waals surface area (Å²) in [5.74, 6) is -0.846. The second-order valence-electron chi connectivity index (χ2n) is 5.17. The molecule has 0 radical (unpaired) electrons. The highest BCUT2D eigenvalue weighted by atomic mass is 35.5. The standard InChI is InChI=1S/C16H13Cl2N5O3/c1-2-12-9(6-19-16-20-8-21-23(12)16)15(25)26-7-13(24)22-11-5-3-4-10(17)14(11)18/h3-6,8H,2,7H2,1H3,(H,22,24). The van der Waals surface area contributed by atoms with Gasteiger partial charge >= 0.3 is 5.97 Å². The van der Waals surface area contributed by atoms with Gasteiger partial charge in [0.2, 0.25) is 0 Å². The van der Waals surface area contributed by atoms with E-state index in [0.29, 0.717) is 28.6 Å². The third-order valence-corrected chi connectivity index (χ3v) is 4.34. The summed E-state index contributed by atoms with van der Waals surface area (Å²) in [4.78, 5) is 32.3. The summed E-state index contributed by atoms with van der Waals surface area (Å²) in [7, 11) is 0. The number of anilines is 1. The number of ether oxygens (including phenoxy) is 1. The Morgan fingerprint density at radius 2 is 2.08 bits per heavy atom. The smallest absolute Gasteiger partial charge is 0.342 e. The number of carbonyl (C=O) groups is 2. The van der Waals surface area contributed by atoms with Gasteiger partial charge in [0.05, 0.1) is 27.0 Å². The monoisotopic (exact) mass is 393 g/mol. The lowest BCUT2D eigenvalue weighted by atomic mass is 10.2. The number of halogens is 2. The van der Waals surface area contributed by atoms with Gasteiger partial charge in [-0.25, -0.2) is 14.3 Å². The van der Waals surface area contributed by atoms with E-state index in [2.05, 4.69) is 20.4 Å². The Kier molecular flexibility index (Phi) is 5.34. The van der Waals surface area contributed by atoms with Crippen LogP contribution in [0.15, 0.2) is 30.7 Å². The highest BCUT2D eigenvalue weighted by Gasteiger charge is 2.18. The van der Waals surface area contributed by atoms with Crippen molar-refractivity contribution in [1.82, 2.24) is 19.6 Å². The average molecular weight is 394 g/mol. The van der Waals surface area contributed by atoms with Crippen molar-refractivity contribution in [3.63, 3.8) is 0 Å². The van der Waals surface area contributed by atoms with Crippen LogP contribution in [0.5, 0.6) is 0 Å². The minimum atomic E-state index is -0.681. The fourth-order valence-corrected chi connectivity index (χ4v) is 2.68. The van der Waals surface area contributed by atoms with Crippen LogP contribution in [0.4, 0.5) is 5.69 Å². The van der Waals surface area contributed by atoms with Crippen LogP contribution in [0.3, 0.4) is 0 Å². The number of nitrogens with one attached hydrogen (secondary N) is 1. The molecule has 0 unspecified atom stereocenters. The third kappa shape index (κ3) is 3.61. The van der Waals surface area contributed by atoms with Gasteiger partial charge in [-0.05, 0) is 18.6 Å². The second kappa shape index (κ2) is 7.67. The molecule has 26 heavy (non-hydrogen) atoms. The minimum Gasteiger partial charge on any atom is -0.452 e. The molecule has 10 heteroatoms. The normalized spacial score (nSPS) is 10.7. The number of benzene rings is 1. The quantitative estimate of drug-likeness (QED) is 0.669. The fraction of sp³-hybridized carbons (Fsp3) is 0.188. The highest BCUT2D eigenvalue weighted by Crippen LogP contribution is 2.29. The summed E-state index contributed by atoms with van der Waals surface area (Å²) in [6.07, 6.45) is 3.22. The highest BCUT2D eigenvalue weighted by molar-refractivity contribution is 6.44. The first-order valence-electron chi connectivity index (χ1n) is 7.59. The molecule has 134 valence electrons. The van der Waals surface area contributed by atoms with E-state index < -0.39 is 18.5 Å². The Bertz CT molecular complexity index is 989. The lowest BCUT2D eigenvalue weighted by Gasteiger charge is -2.10. The zero-order valence-electron chi connectivity index (χ0n) is 13.6. The largest absolute Gasteiger partial charge is 0.452 e. The Morgan fingerprint density at radius 3 is 2.85 bits per heavy atom. The molecule has 2 aromatic heterocycles. The maximum Gasteiger partial charge on any atom is 0.342 e. The van der Waals surface area contributed by atoms with Crippen LogP contribution in [-0.4, -0.2) is 38.1 Å². The number of hydrogen-bond donors (Lipinski definition) is 1. The number of nitrogens with zero attached hydrogens (tertiary/aromatic N) is 4. The Morgan fingerprint density at radius 1 is 1.27 bits per heavy atom. The summed E-state index contributed by atoms with van der Waals surface area (Å²) in [5.41, 5.74) is 1.15. The summed E-state index contributed by atoms with van der Waals surface area (Å²) < 4.78 is 6.53.